The smallest absolute Gasteiger partial charge is 0.146 e. The van der Waals surface area contributed by atoms with Crippen LogP contribution in [0.4, 0.5) is 0 Å². The van der Waals surface area contributed by atoms with Crippen molar-refractivity contribution in [3.63, 3.8) is 0 Å². The van der Waals surface area contributed by atoms with E-state index in [9.17, 15) is 4.79 Å². The zero-order valence-corrected chi connectivity index (χ0v) is 15.8. The van der Waals surface area contributed by atoms with Gasteiger partial charge in [0.05, 0.1) is 6.04 Å². The number of halogens is 1. The molecule has 0 aromatic heterocycles. The van der Waals surface area contributed by atoms with Crippen molar-refractivity contribution >= 4 is 18.2 Å². The SMILES string of the molecule is CC(=O)[C@H](N)Cc1ccc(Oc2ccc(Oc3ccccc3)cc2)cc1.Cl. The molecule has 0 saturated carbocycles. The fourth-order valence-corrected chi connectivity index (χ4v) is 2.43. The van der Waals surface area contributed by atoms with Gasteiger partial charge in [0.25, 0.3) is 0 Å². The molecule has 1 atom stereocenters. The third-order valence-electron chi connectivity index (χ3n) is 3.94. The summed E-state index contributed by atoms with van der Waals surface area (Å²) in [4.78, 5) is 11.2. The Kier molecular flexibility index (Phi) is 7.41. The van der Waals surface area contributed by atoms with Crippen LogP contribution in [0, 0.1) is 0 Å². The second kappa shape index (κ2) is 9.76. The van der Waals surface area contributed by atoms with Gasteiger partial charge in [-0.2, -0.15) is 0 Å². The Morgan fingerprint density at radius 3 is 1.63 bits per heavy atom. The molecule has 0 radical (unpaired) electrons. The second-order valence-corrected chi connectivity index (χ2v) is 6.05. The molecule has 140 valence electrons. The van der Waals surface area contributed by atoms with Gasteiger partial charge in [-0.25, -0.2) is 0 Å². The molecule has 2 N–H and O–H groups in total. The highest BCUT2D eigenvalue weighted by molar-refractivity contribution is 5.85. The van der Waals surface area contributed by atoms with E-state index in [1.54, 1.807) is 0 Å². The minimum atomic E-state index is -0.459. The number of ketones is 1. The summed E-state index contributed by atoms with van der Waals surface area (Å²) >= 11 is 0. The normalized spacial score (nSPS) is 11.2. The van der Waals surface area contributed by atoms with Gasteiger partial charge in [0.1, 0.15) is 28.8 Å². The van der Waals surface area contributed by atoms with Crippen molar-refractivity contribution in [2.75, 3.05) is 0 Å². The number of rotatable bonds is 7. The number of hydrogen-bond acceptors (Lipinski definition) is 4. The summed E-state index contributed by atoms with van der Waals surface area (Å²) in [5.41, 5.74) is 6.79. The van der Waals surface area contributed by atoms with E-state index in [1.807, 2.05) is 78.9 Å². The second-order valence-electron chi connectivity index (χ2n) is 6.05. The van der Waals surface area contributed by atoms with Crippen molar-refractivity contribution < 1.29 is 14.3 Å². The fraction of sp³-hybridized carbons (Fsp3) is 0.136. The molecule has 0 unspecified atom stereocenters. The largest absolute Gasteiger partial charge is 0.457 e. The molecule has 0 aliphatic rings. The van der Waals surface area contributed by atoms with Gasteiger partial charge in [0, 0.05) is 0 Å². The monoisotopic (exact) mass is 383 g/mol. The van der Waals surface area contributed by atoms with E-state index in [2.05, 4.69) is 0 Å². The summed E-state index contributed by atoms with van der Waals surface area (Å²) in [6, 6.07) is 24.2. The van der Waals surface area contributed by atoms with Crippen molar-refractivity contribution in [1.29, 1.82) is 0 Å². The Hall–Kier alpha value is -2.82. The first-order valence-corrected chi connectivity index (χ1v) is 8.46. The molecule has 0 bridgehead atoms. The lowest BCUT2D eigenvalue weighted by molar-refractivity contribution is -0.118. The minimum absolute atomic E-state index is 0. The molecule has 5 heteroatoms. The van der Waals surface area contributed by atoms with E-state index in [4.69, 9.17) is 15.2 Å². The molecule has 4 nitrogen and oxygen atoms in total. The molecular weight excluding hydrogens is 362 g/mol. The molecule has 0 heterocycles. The molecule has 0 saturated heterocycles. The summed E-state index contributed by atoms with van der Waals surface area (Å²) in [5, 5.41) is 0. The van der Waals surface area contributed by atoms with Crippen LogP contribution in [0.3, 0.4) is 0 Å². The van der Waals surface area contributed by atoms with Crippen LogP contribution in [0.5, 0.6) is 23.0 Å². The molecule has 0 spiro atoms. The summed E-state index contributed by atoms with van der Waals surface area (Å²) in [6.07, 6.45) is 0.529. The standard InChI is InChI=1S/C22H21NO3.ClH/c1-16(24)22(23)15-17-7-9-19(10-8-17)26-21-13-11-20(12-14-21)25-18-5-3-2-4-6-18;/h2-14,22H,15,23H2,1H3;1H/t22-;/m1./s1. The quantitative estimate of drug-likeness (QED) is 0.612. The number of ether oxygens (including phenoxy) is 2. The van der Waals surface area contributed by atoms with E-state index in [0.717, 1.165) is 28.6 Å². The molecule has 3 aromatic rings. The topological polar surface area (TPSA) is 61.6 Å². The number of hydrogen-bond donors (Lipinski definition) is 1. The van der Waals surface area contributed by atoms with E-state index in [1.165, 1.54) is 6.92 Å². The lowest BCUT2D eigenvalue weighted by atomic mass is 10.0. The predicted molar refractivity (Wildman–Crippen MR) is 109 cm³/mol. The van der Waals surface area contributed by atoms with Crippen molar-refractivity contribution in [2.45, 2.75) is 19.4 Å². The van der Waals surface area contributed by atoms with Crippen molar-refractivity contribution in [2.24, 2.45) is 5.73 Å². The number of benzene rings is 3. The first kappa shape index (κ1) is 20.5. The Balaban J connectivity index is 0.00000261. The average Bonchev–Trinajstić information content (AvgIpc) is 2.66. The Bertz CT molecular complexity index is 849. The zero-order chi connectivity index (χ0) is 18.4. The van der Waals surface area contributed by atoms with E-state index in [-0.39, 0.29) is 18.2 Å². The minimum Gasteiger partial charge on any atom is -0.457 e. The third kappa shape index (κ3) is 6.13. The van der Waals surface area contributed by atoms with Gasteiger partial charge in [-0.05, 0) is 67.4 Å². The Morgan fingerprint density at radius 2 is 1.19 bits per heavy atom. The summed E-state index contributed by atoms with van der Waals surface area (Å²) in [6.45, 7) is 1.51. The molecule has 0 aliphatic heterocycles. The highest BCUT2D eigenvalue weighted by Gasteiger charge is 2.09. The van der Waals surface area contributed by atoms with Gasteiger partial charge in [-0.1, -0.05) is 30.3 Å². The number of para-hydroxylation sites is 1. The van der Waals surface area contributed by atoms with Gasteiger partial charge in [-0.15, -0.1) is 12.4 Å². The third-order valence-corrected chi connectivity index (χ3v) is 3.94. The molecule has 3 aromatic carbocycles. The van der Waals surface area contributed by atoms with Gasteiger partial charge >= 0.3 is 0 Å². The molecule has 3 rings (SSSR count). The van der Waals surface area contributed by atoms with Crippen LogP contribution in [-0.4, -0.2) is 11.8 Å². The number of carbonyl (C=O) groups is 1. The highest BCUT2D eigenvalue weighted by atomic mass is 35.5. The van der Waals surface area contributed by atoms with Crippen molar-refractivity contribution in [3.8, 4) is 23.0 Å². The summed E-state index contributed by atoms with van der Waals surface area (Å²) in [5.74, 6) is 2.97. The number of Topliss-reactive ketones (excluding diaryl/α,β-unsaturated/α-hetero) is 1. The summed E-state index contributed by atoms with van der Waals surface area (Å²) in [7, 11) is 0. The Morgan fingerprint density at radius 1 is 0.778 bits per heavy atom. The van der Waals surface area contributed by atoms with Crippen LogP contribution >= 0.6 is 12.4 Å². The van der Waals surface area contributed by atoms with E-state index < -0.39 is 6.04 Å². The lowest BCUT2D eigenvalue weighted by Gasteiger charge is -2.10. The fourth-order valence-electron chi connectivity index (χ4n) is 2.43. The van der Waals surface area contributed by atoms with Gasteiger partial charge in [0.2, 0.25) is 0 Å². The zero-order valence-electron chi connectivity index (χ0n) is 15.0. The summed E-state index contributed by atoms with van der Waals surface area (Å²) < 4.78 is 11.6. The molecule has 27 heavy (non-hydrogen) atoms. The lowest BCUT2D eigenvalue weighted by Crippen LogP contribution is -2.30. The predicted octanol–water partition coefficient (Wildman–Crippen LogP) is 5.15. The Labute approximate surface area is 165 Å². The number of carbonyl (C=O) groups excluding carboxylic acids is 1. The maximum absolute atomic E-state index is 11.2. The van der Waals surface area contributed by atoms with E-state index >= 15 is 0 Å². The first-order chi connectivity index (χ1) is 12.6. The van der Waals surface area contributed by atoms with Gasteiger partial charge in [0.15, 0.2) is 0 Å². The molecule has 0 fully saturated rings. The van der Waals surface area contributed by atoms with Crippen molar-refractivity contribution in [1.82, 2.24) is 0 Å². The van der Waals surface area contributed by atoms with Crippen LogP contribution in [0.1, 0.15) is 12.5 Å². The maximum atomic E-state index is 11.2. The van der Waals surface area contributed by atoms with Gasteiger partial charge in [-0.3, -0.25) is 4.79 Å². The molecular formula is C22H22ClNO3. The van der Waals surface area contributed by atoms with Crippen LogP contribution in [0.25, 0.3) is 0 Å². The van der Waals surface area contributed by atoms with Crippen LogP contribution < -0.4 is 15.2 Å². The average molecular weight is 384 g/mol. The first-order valence-electron chi connectivity index (χ1n) is 8.46. The number of nitrogens with two attached hydrogens (primary N) is 1. The van der Waals surface area contributed by atoms with E-state index in [0.29, 0.717) is 6.42 Å². The highest BCUT2D eigenvalue weighted by Crippen LogP contribution is 2.26. The molecule has 0 amide bonds. The van der Waals surface area contributed by atoms with Crippen LogP contribution in [0.15, 0.2) is 78.9 Å². The van der Waals surface area contributed by atoms with Crippen LogP contribution in [0.2, 0.25) is 0 Å². The van der Waals surface area contributed by atoms with Gasteiger partial charge < -0.3 is 15.2 Å². The van der Waals surface area contributed by atoms with Crippen LogP contribution in [-0.2, 0) is 11.2 Å². The maximum Gasteiger partial charge on any atom is 0.146 e. The van der Waals surface area contributed by atoms with Crippen molar-refractivity contribution in [3.05, 3.63) is 84.4 Å². The molecule has 0 aliphatic carbocycles.